The summed E-state index contributed by atoms with van der Waals surface area (Å²) in [6.45, 7) is 0. The number of carbonyl (C=O) groups is 1. The molecule has 15 heavy (non-hydrogen) atoms. The third kappa shape index (κ3) is 2.23. The molecule has 0 spiro atoms. The molecule has 82 valence electrons. The van der Waals surface area contributed by atoms with Crippen molar-refractivity contribution in [2.45, 2.75) is 5.92 Å². The van der Waals surface area contributed by atoms with Gasteiger partial charge in [-0.3, -0.25) is 4.79 Å². The normalized spacial score (nSPS) is 10.9. The van der Waals surface area contributed by atoms with E-state index in [-0.39, 0.29) is 5.75 Å². The van der Waals surface area contributed by atoms with E-state index in [4.69, 9.17) is 9.47 Å². The van der Waals surface area contributed by atoms with Crippen LogP contribution in [-0.4, -0.2) is 20.5 Å². The highest BCUT2D eigenvalue weighted by molar-refractivity contribution is 5.66. The van der Waals surface area contributed by atoms with Crippen molar-refractivity contribution in [3.63, 3.8) is 0 Å². The molecule has 3 nitrogen and oxygen atoms in total. The van der Waals surface area contributed by atoms with Crippen molar-refractivity contribution in [3.05, 3.63) is 23.8 Å². The summed E-state index contributed by atoms with van der Waals surface area (Å²) in [7, 11) is 2.66. The van der Waals surface area contributed by atoms with E-state index in [1.165, 1.54) is 26.4 Å². The quantitative estimate of drug-likeness (QED) is 0.722. The van der Waals surface area contributed by atoms with Crippen LogP contribution >= 0.6 is 0 Å². The van der Waals surface area contributed by atoms with Gasteiger partial charge in [-0.25, -0.2) is 0 Å². The van der Waals surface area contributed by atoms with Gasteiger partial charge in [-0.1, -0.05) is 0 Å². The summed E-state index contributed by atoms with van der Waals surface area (Å²) >= 11 is 0. The van der Waals surface area contributed by atoms with Crippen molar-refractivity contribution in [3.8, 4) is 11.5 Å². The summed E-state index contributed by atoms with van der Waals surface area (Å²) in [6.07, 6.45) is -0.419. The van der Waals surface area contributed by atoms with Gasteiger partial charge < -0.3 is 9.47 Å². The topological polar surface area (TPSA) is 35.5 Å². The van der Waals surface area contributed by atoms with Gasteiger partial charge in [0.15, 0.2) is 6.29 Å². The fourth-order valence-corrected chi connectivity index (χ4v) is 1.14. The summed E-state index contributed by atoms with van der Waals surface area (Å²) in [5.74, 6) is -3.24. The van der Waals surface area contributed by atoms with Gasteiger partial charge in [-0.2, -0.15) is 8.78 Å². The highest BCUT2D eigenvalue weighted by Gasteiger charge is 2.34. The third-order valence-corrected chi connectivity index (χ3v) is 1.92. The van der Waals surface area contributed by atoms with Crippen molar-refractivity contribution in [1.82, 2.24) is 0 Å². The molecule has 0 N–H and O–H groups in total. The van der Waals surface area contributed by atoms with E-state index in [2.05, 4.69) is 0 Å². The van der Waals surface area contributed by atoms with E-state index >= 15 is 0 Å². The minimum Gasteiger partial charge on any atom is -0.497 e. The molecule has 1 aromatic carbocycles. The number of ether oxygens (including phenoxy) is 2. The maximum atomic E-state index is 13.1. The number of benzene rings is 1. The lowest BCUT2D eigenvalue weighted by molar-refractivity contribution is -0.130. The zero-order chi connectivity index (χ0) is 11.5. The van der Waals surface area contributed by atoms with E-state index in [9.17, 15) is 13.6 Å². The van der Waals surface area contributed by atoms with Crippen LogP contribution in [0.15, 0.2) is 18.2 Å². The molecular weight excluding hydrogens is 206 g/mol. The first-order chi connectivity index (χ1) is 7.05. The summed E-state index contributed by atoms with van der Waals surface area (Å²) < 4.78 is 35.8. The molecule has 0 aliphatic heterocycles. The predicted octanol–water partition coefficient (Wildman–Crippen LogP) is 1.99. The lowest BCUT2D eigenvalue weighted by Gasteiger charge is -2.14. The smallest absolute Gasteiger partial charge is 0.331 e. The van der Waals surface area contributed by atoms with Gasteiger partial charge in [0.1, 0.15) is 11.5 Å². The van der Waals surface area contributed by atoms with Crippen LogP contribution in [0.4, 0.5) is 8.78 Å². The van der Waals surface area contributed by atoms with Crippen LogP contribution in [0.25, 0.3) is 0 Å². The van der Waals surface area contributed by atoms with Crippen molar-refractivity contribution in [1.29, 1.82) is 0 Å². The molecule has 0 atom stereocenters. The fourth-order valence-electron chi connectivity index (χ4n) is 1.14. The van der Waals surface area contributed by atoms with Crippen molar-refractivity contribution < 1.29 is 23.0 Å². The second-order valence-electron chi connectivity index (χ2n) is 2.81. The molecule has 5 heteroatoms. The number of rotatable bonds is 4. The second-order valence-corrected chi connectivity index (χ2v) is 2.81. The average molecular weight is 216 g/mol. The Labute approximate surface area is 85.6 Å². The van der Waals surface area contributed by atoms with Crippen molar-refractivity contribution in [2.75, 3.05) is 14.2 Å². The Morgan fingerprint density at radius 1 is 1.27 bits per heavy atom. The van der Waals surface area contributed by atoms with Gasteiger partial charge in [-0.05, 0) is 12.1 Å². The van der Waals surface area contributed by atoms with Crippen LogP contribution in [0.3, 0.4) is 0 Å². The summed E-state index contributed by atoms with van der Waals surface area (Å²) in [6, 6.07) is 3.74. The van der Waals surface area contributed by atoms with E-state index in [0.717, 1.165) is 6.07 Å². The number of alkyl halides is 2. The molecule has 0 amide bonds. The van der Waals surface area contributed by atoms with Crippen LogP contribution in [0.1, 0.15) is 5.56 Å². The van der Waals surface area contributed by atoms with E-state index in [0.29, 0.717) is 5.75 Å². The minimum absolute atomic E-state index is 0.0774. The summed E-state index contributed by atoms with van der Waals surface area (Å²) in [5, 5.41) is 0. The molecule has 1 aromatic rings. The number of halogens is 2. The Balaban J connectivity index is 3.24. The molecule has 0 aliphatic rings. The zero-order valence-corrected chi connectivity index (χ0v) is 8.29. The van der Waals surface area contributed by atoms with Crippen LogP contribution in [0.5, 0.6) is 11.5 Å². The van der Waals surface area contributed by atoms with Gasteiger partial charge >= 0.3 is 5.92 Å². The molecular formula is C10H10F2O3. The van der Waals surface area contributed by atoms with E-state index in [1.807, 2.05) is 0 Å². The summed E-state index contributed by atoms with van der Waals surface area (Å²) in [4.78, 5) is 10.2. The van der Waals surface area contributed by atoms with Crippen molar-refractivity contribution in [2.24, 2.45) is 0 Å². The van der Waals surface area contributed by atoms with Crippen LogP contribution < -0.4 is 9.47 Å². The maximum absolute atomic E-state index is 13.1. The maximum Gasteiger partial charge on any atom is 0.331 e. The SMILES string of the molecule is COc1ccc(C(F)(F)C=O)c(OC)c1. The number of hydrogen-bond acceptors (Lipinski definition) is 3. The molecule has 0 bridgehead atoms. The molecule has 0 heterocycles. The Morgan fingerprint density at radius 2 is 1.93 bits per heavy atom. The first-order valence-electron chi connectivity index (χ1n) is 4.12. The molecule has 0 unspecified atom stereocenters. The van der Waals surface area contributed by atoms with Crippen LogP contribution in [-0.2, 0) is 10.7 Å². The summed E-state index contributed by atoms with van der Waals surface area (Å²) in [5.41, 5.74) is -0.471. The Hall–Kier alpha value is -1.65. The molecule has 1 rings (SSSR count). The third-order valence-electron chi connectivity index (χ3n) is 1.92. The number of carbonyl (C=O) groups excluding carboxylic acids is 1. The molecule has 0 aliphatic carbocycles. The number of hydrogen-bond donors (Lipinski definition) is 0. The Bertz CT molecular complexity index is 364. The number of methoxy groups -OCH3 is 2. The van der Waals surface area contributed by atoms with Crippen LogP contribution in [0, 0.1) is 0 Å². The molecule has 0 radical (unpaired) electrons. The second kappa shape index (κ2) is 4.25. The molecule has 0 saturated heterocycles. The first kappa shape index (κ1) is 11.4. The zero-order valence-electron chi connectivity index (χ0n) is 8.29. The van der Waals surface area contributed by atoms with Gasteiger partial charge in [0.05, 0.1) is 19.8 Å². The fraction of sp³-hybridized carbons (Fsp3) is 0.300. The van der Waals surface area contributed by atoms with Gasteiger partial charge in [0, 0.05) is 6.07 Å². The Kier molecular flexibility index (Phi) is 3.24. The minimum atomic E-state index is -3.54. The van der Waals surface area contributed by atoms with Crippen molar-refractivity contribution >= 4 is 6.29 Å². The van der Waals surface area contributed by atoms with Gasteiger partial charge in [-0.15, -0.1) is 0 Å². The van der Waals surface area contributed by atoms with Gasteiger partial charge in [0.25, 0.3) is 0 Å². The lowest BCUT2D eigenvalue weighted by Crippen LogP contribution is -2.16. The van der Waals surface area contributed by atoms with Gasteiger partial charge in [0.2, 0.25) is 0 Å². The molecule has 0 saturated carbocycles. The highest BCUT2D eigenvalue weighted by Crippen LogP contribution is 2.35. The first-order valence-corrected chi connectivity index (χ1v) is 4.12. The largest absolute Gasteiger partial charge is 0.497 e. The highest BCUT2D eigenvalue weighted by atomic mass is 19.3. The molecule has 0 aromatic heterocycles. The standard InChI is InChI=1S/C10H10F2O3/c1-14-7-3-4-8(9(5-7)15-2)10(11,12)6-13/h3-6H,1-2H3. The van der Waals surface area contributed by atoms with Crippen LogP contribution in [0.2, 0.25) is 0 Å². The molecule has 0 fully saturated rings. The average Bonchev–Trinajstić information content (AvgIpc) is 2.28. The van der Waals surface area contributed by atoms with E-state index < -0.39 is 17.8 Å². The lowest BCUT2D eigenvalue weighted by atomic mass is 10.1. The number of aldehydes is 1. The predicted molar refractivity (Wildman–Crippen MR) is 49.5 cm³/mol. The monoisotopic (exact) mass is 216 g/mol. The van der Waals surface area contributed by atoms with E-state index in [1.54, 1.807) is 0 Å². The Morgan fingerprint density at radius 3 is 2.40 bits per heavy atom.